The van der Waals surface area contributed by atoms with E-state index in [-0.39, 0.29) is 6.04 Å². The van der Waals surface area contributed by atoms with Crippen LogP contribution in [0, 0.1) is 0 Å². The topological polar surface area (TPSA) is 66.0 Å². The molecule has 1 atom stereocenters. The van der Waals surface area contributed by atoms with Crippen LogP contribution in [0.2, 0.25) is 0 Å². The summed E-state index contributed by atoms with van der Waals surface area (Å²) in [5.41, 5.74) is 8.50. The highest BCUT2D eigenvalue weighted by Gasteiger charge is 2.22. The van der Waals surface area contributed by atoms with Gasteiger partial charge in [0, 0.05) is 13.1 Å². The first-order valence-corrected chi connectivity index (χ1v) is 6.09. The molecule has 2 aromatic rings. The summed E-state index contributed by atoms with van der Waals surface area (Å²) in [5, 5.41) is 7.83. The zero-order valence-corrected chi connectivity index (χ0v) is 10.3. The molecule has 0 fully saturated rings. The van der Waals surface area contributed by atoms with Crippen LogP contribution in [0.3, 0.4) is 0 Å². The van der Waals surface area contributed by atoms with Crippen LogP contribution >= 0.6 is 0 Å². The van der Waals surface area contributed by atoms with Gasteiger partial charge in [-0.2, -0.15) is 0 Å². The van der Waals surface area contributed by atoms with Crippen molar-refractivity contribution in [3.8, 4) is 5.75 Å². The lowest BCUT2D eigenvalue weighted by atomic mass is 10.1. The molecule has 1 aliphatic rings. The van der Waals surface area contributed by atoms with Gasteiger partial charge in [-0.1, -0.05) is 12.1 Å². The summed E-state index contributed by atoms with van der Waals surface area (Å²) in [6.07, 6.45) is 3.66. The van der Waals surface area contributed by atoms with Gasteiger partial charge in [0.1, 0.15) is 18.7 Å². The minimum Gasteiger partial charge on any atom is -0.485 e. The predicted molar refractivity (Wildman–Crippen MR) is 67.0 cm³/mol. The first-order valence-electron chi connectivity index (χ1n) is 6.09. The van der Waals surface area contributed by atoms with Gasteiger partial charge in [0.2, 0.25) is 0 Å². The van der Waals surface area contributed by atoms with Crippen LogP contribution in [0.15, 0.2) is 24.5 Å². The molecule has 0 bridgehead atoms. The molecule has 1 unspecified atom stereocenters. The average Bonchev–Trinajstić information content (AvgIpc) is 2.95. The molecule has 2 N–H and O–H groups in total. The van der Waals surface area contributed by atoms with Crippen LogP contribution < -0.4 is 10.5 Å². The monoisotopic (exact) mass is 244 g/mol. The Labute approximate surface area is 106 Å². The van der Waals surface area contributed by atoms with Gasteiger partial charge in [-0.25, -0.2) is 0 Å². The largest absolute Gasteiger partial charge is 0.485 e. The Morgan fingerprint density at radius 2 is 2.39 bits per heavy atom. The van der Waals surface area contributed by atoms with Gasteiger partial charge in [0.25, 0.3) is 0 Å². The Balaban J connectivity index is 1.80. The molecule has 0 saturated carbocycles. The number of aromatic nitrogens is 3. The second kappa shape index (κ2) is 4.42. The van der Waals surface area contributed by atoms with Gasteiger partial charge in [-0.15, -0.1) is 10.2 Å². The number of hydrogen-bond acceptors (Lipinski definition) is 4. The first-order chi connectivity index (χ1) is 8.75. The normalized spacial score (nSPS) is 17.8. The van der Waals surface area contributed by atoms with Gasteiger partial charge in [-0.05, 0) is 30.0 Å². The van der Waals surface area contributed by atoms with Gasteiger partial charge in [0.15, 0.2) is 5.82 Å². The van der Waals surface area contributed by atoms with E-state index in [0.29, 0.717) is 6.61 Å². The van der Waals surface area contributed by atoms with E-state index in [1.165, 1.54) is 11.1 Å². The fourth-order valence-corrected chi connectivity index (χ4v) is 2.37. The Morgan fingerprint density at radius 1 is 1.50 bits per heavy atom. The lowest BCUT2D eigenvalue weighted by molar-refractivity contribution is 0.288. The molecule has 1 aromatic carbocycles. The molecular weight excluding hydrogens is 228 g/mol. The highest BCUT2D eigenvalue weighted by Crippen LogP contribution is 2.35. The average molecular weight is 244 g/mol. The summed E-state index contributed by atoms with van der Waals surface area (Å²) in [4.78, 5) is 0. The number of rotatable bonds is 3. The summed E-state index contributed by atoms with van der Waals surface area (Å²) < 4.78 is 7.70. The molecule has 0 aliphatic heterocycles. The van der Waals surface area contributed by atoms with Gasteiger partial charge in [-0.3, -0.25) is 0 Å². The molecular formula is C13H16N4O. The van der Waals surface area contributed by atoms with Crippen molar-refractivity contribution in [2.24, 2.45) is 12.8 Å². The van der Waals surface area contributed by atoms with Crippen LogP contribution in [-0.4, -0.2) is 14.8 Å². The second-order valence-electron chi connectivity index (χ2n) is 4.62. The van der Waals surface area contributed by atoms with Crippen molar-refractivity contribution < 1.29 is 4.74 Å². The molecule has 5 nitrogen and oxygen atoms in total. The Bertz CT molecular complexity index is 564. The van der Waals surface area contributed by atoms with Crippen LogP contribution in [-0.2, 0) is 20.1 Å². The number of fused-ring (bicyclic) bond motifs is 1. The summed E-state index contributed by atoms with van der Waals surface area (Å²) >= 11 is 0. The number of nitrogens with zero attached hydrogens (tertiary/aromatic N) is 3. The van der Waals surface area contributed by atoms with Crippen molar-refractivity contribution in [3.05, 3.63) is 41.5 Å². The molecule has 5 heteroatoms. The molecule has 0 amide bonds. The number of hydrogen-bond donors (Lipinski definition) is 1. The van der Waals surface area contributed by atoms with Crippen LogP contribution in [0.1, 0.15) is 29.4 Å². The Morgan fingerprint density at radius 3 is 3.17 bits per heavy atom. The van der Waals surface area contributed by atoms with Crippen molar-refractivity contribution in [3.63, 3.8) is 0 Å². The highest BCUT2D eigenvalue weighted by atomic mass is 16.5. The molecule has 1 heterocycles. The summed E-state index contributed by atoms with van der Waals surface area (Å²) in [7, 11) is 1.91. The quantitative estimate of drug-likeness (QED) is 0.884. The van der Waals surface area contributed by atoms with Gasteiger partial charge in [0.05, 0.1) is 0 Å². The number of benzene rings is 1. The molecule has 0 saturated heterocycles. The number of aryl methyl sites for hydroxylation is 1. The maximum Gasteiger partial charge on any atom is 0.170 e. The first kappa shape index (κ1) is 11.2. The van der Waals surface area contributed by atoms with E-state index in [2.05, 4.69) is 16.3 Å². The summed E-state index contributed by atoms with van der Waals surface area (Å²) in [5.74, 6) is 1.73. The fourth-order valence-electron chi connectivity index (χ4n) is 2.37. The molecule has 0 spiro atoms. The maximum absolute atomic E-state index is 6.05. The smallest absolute Gasteiger partial charge is 0.170 e. The van der Waals surface area contributed by atoms with Crippen LogP contribution in [0.25, 0.3) is 0 Å². The van der Waals surface area contributed by atoms with E-state index in [1.54, 1.807) is 6.33 Å². The second-order valence-corrected chi connectivity index (χ2v) is 4.62. The van der Waals surface area contributed by atoms with Crippen LogP contribution in [0.4, 0.5) is 0 Å². The zero-order valence-electron chi connectivity index (χ0n) is 10.3. The van der Waals surface area contributed by atoms with Crippen LogP contribution in [0.5, 0.6) is 5.75 Å². The zero-order chi connectivity index (χ0) is 12.5. The minimum atomic E-state index is 0.151. The van der Waals surface area contributed by atoms with Gasteiger partial charge >= 0.3 is 0 Å². The van der Waals surface area contributed by atoms with E-state index in [1.807, 2.05) is 23.7 Å². The Kier molecular flexibility index (Phi) is 2.76. The predicted octanol–water partition coefficient (Wildman–Crippen LogP) is 1.34. The molecule has 0 radical (unpaired) electrons. The third-order valence-corrected chi connectivity index (χ3v) is 3.44. The van der Waals surface area contributed by atoms with E-state index < -0.39 is 0 Å². The fraction of sp³-hybridized carbons (Fsp3) is 0.385. The van der Waals surface area contributed by atoms with Crippen molar-refractivity contribution in [2.75, 3.05) is 0 Å². The SMILES string of the molecule is Cn1cnnc1COc1cccc2c1CCC2N. The van der Waals surface area contributed by atoms with E-state index >= 15 is 0 Å². The summed E-state index contributed by atoms with van der Waals surface area (Å²) in [6.45, 7) is 0.433. The standard InChI is InChI=1S/C13H16N4O/c1-17-8-15-16-13(17)7-18-12-4-2-3-9-10(12)5-6-11(9)14/h2-4,8,11H,5-7,14H2,1H3. The minimum absolute atomic E-state index is 0.151. The molecule has 1 aliphatic carbocycles. The molecule has 3 rings (SSSR count). The molecule has 94 valence electrons. The van der Waals surface area contributed by atoms with E-state index in [0.717, 1.165) is 24.4 Å². The number of nitrogens with two attached hydrogens (primary N) is 1. The maximum atomic E-state index is 6.05. The van der Waals surface area contributed by atoms with E-state index in [9.17, 15) is 0 Å². The van der Waals surface area contributed by atoms with E-state index in [4.69, 9.17) is 10.5 Å². The Hall–Kier alpha value is -1.88. The van der Waals surface area contributed by atoms with Crippen molar-refractivity contribution >= 4 is 0 Å². The number of ether oxygens (including phenoxy) is 1. The third kappa shape index (κ3) is 1.86. The third-order valence-electron chi connectivity index (χ3n) is 3.44. The van der Waals surface area contributed by atoms with Crippen molar-refractivity contribution in [1.82, 2.24) is 14.8 Å². The van der Waals surface area contributed by atoms with Crippen molar-refractivity contribution in [2.45, 2.75) is 25.5 Å². The highest BCUT2D eigenvalue weighted by molar-refractivity contribution is 5.44. The lowest BCUT2D eigenvalue weighted by Crippen LogP contribution is -2.06. The van der Waals surface area contributed by atoms with Crippen molar-refractivity contribution in [1.29, 1.82) is 0 Å². The molecule has 18 heavy (non-hydrogen) atoms. The van der Waals surface area contributed by atoms with Gasteiger partial charge < -0.3 is 15.0 Å². The molecule has 1 aromatic heterocycles. The summed E-state index contributed by atoms with van der Waals surface area (Å²) in [6, 6.07) is 6.23. The lowest BCUT2D eigenvalue weighted by Gasteiger charge is -2.11.